The second-order valence-electron chi connectivity index (χ2n) is 5.98. The molecule has 0 saturated carbocycles. The molecule has 3 nitrogen and oxygen atoms in total. The molecule has 3 aromatic carbocycles. The van der Waals surface area contributed by atoms with Gasteiger partial charge in [0, 0.05) is 16.6 Å². The molecule has 4 aromatic rings. The lowest BCUT2D eigenvalue weighted by atomic mass is 10.0. The van der Waals surface area contributed by atoms with Crippen LogP contribution in [0, 0.1) is 6.92 Å². The molecule has 1 heterocycles. The Bertz CT molecular complexity index is 1010. The molecule has 0 amide bonds. The van der Waals surface area contributed by atoms with Crippen LogP contribution in [0.4, 0.5) is 0 Å². The summed E-state index contributed by atoms with van der Waals surface area (Å²) in [4.78, 5) is 3.47. The molecule has 0 aliphatic carbocycles. The number of aromatic hydroxyl groups is 2. The van der Waals surface area contributed by atoms with Crippen LogP contribution in [-0.2, 0) is 0 Å². The second kappa shape index (κ2) is 5.46. The molecule has 3 N–H and O–H groups in total. The summed E-state index contributed by atoms with van der Waals surface area (Å²) in [5, 5.41) is 20.1. The number of H-pyrrole nitrogens is 1. The van der Waals surface area contributed by atoms with Crippen molar-refractivity contribution in [2.24, 2.45) is 0 Å². The number of hydrogen-bond donors (Lipinski definition) is 3. The molecule has 1 aromatic heterocycles. The maximum atomic E-state index is 9.47. The van der Waals surface area contributed by atoms with Gasteiger partial charge < -0.3 is 15.2 Å². The van der Waals surface area contributed by atoms with Gasteiger partial charge in [0.25, 0.3) is 0 Å². The fourth-order valence-corrected chi connectivity index (χ4v) is 3.08. The van der Waals surface area contributed by atoms with Gasteiger partial charge in [-0.25, -0.2) is 0 Å². The normalized spacial score (nSPS) is 11.0. The van der Waals surface area contributed by atoms with Crippen molar-refractivity contribution in [1.82, 2.24) is 4.98 Å². The number of rotatable bonds is 2. The fraction of sp³-hybridized carbons (Fsp3) is 0.0476. The minimum absolute atomic E-state index is 0.266. The van der Waals surface area contributed by atoms with E-state index in [9.17, 15) is 10.2 Å². The zero-order valence-corrected chi connectivity index (χ0v) is 13.2. The summed E-state index contributed by atoms with van der Waals surface area (Å²) in [6, 6.07) is 20.8. The lowest BCUT2D eigenvalue weighted by Crippen LogP contribution is -1.79. The Morgan fingerprint density at radius 3 is 1.83 bits per heavy atom. The highest BCUT2D eigenvalue weighted by Crippen LogP contribution is 2.33. The van der Waals surface area contributed by atoms with E-state index in [1.165, 1.54) is 10.9 Å². The van der Waals surface area contributed by atoms with Crippen molar-refractivity contribution in [2.45, 2.75) is 6.92 Å². The SMILES string of the molecule is Cc1c(-c2ccc(O)cc2)[nH]c2ccc(-c3ccc(O)cc3)cc12. The number of fused-ring (bicyclic) bond motifs is 1. The van der Waals surface area contributed by atoms with Gasteiger partial charge in [0.05, 0.1) is 0 Å². The van der Waals surface area contributed by atoms with E-state index >= 15 is 0 Å². The van der Waals surface area contributed by atoms with E-state index in [-0.39, 0.29) is 11.5 Å². The molecule has 0 aliphatic heterocycles. The van der Waals surface area contributed by atoms with Crippen LogP contribution in [-0.4, -0.2) is 15.2 Å². The Kier molecular flexibility index (Phi) is 3.28. The number of nitrogens with one attached hydrogen (secondary N) is 1. The monoisotopic (exact) mass is 315 g/mol. The Balaban J connectivity index is 1.84. The standard InChI is InChI=1S/C21H17NO2/c1-13-19-12-16(14-2-7-17(23)8-3-14)6-11-20(19)22-21(13)15-4-9-18(24)10-5-15/h2-12,22-24H,1H3. The predicted octanol–water partition coefficient (Wildman–Crippen LogP) is 5.22. The van der Waals surface area contributed by atoms with Crippen LogP contribution >= 0.6 is 0 Å². The minimum atomic E-state index is 0.266. The fourth-order valence-electron chi connectivity index (χ4n) is 3.08. The van der Waals surface area contributed by atoms with Gasteiger partial charge in [-0.15, -0.1) is 0 Å². The van der Waals surface area contributed by atoms with Crippen molar-refractivity contribution < 1.29 is 10.2 Å². The number of phenols is 2. The molecule has 0 atom stereocenters. The average molecular weight is 315 g/mol. The van der Waals surface area contributed by atoms with E-state index in [1.54, 1.807) is 24.3 Å². The summed E-state index contributed by atoms with van der Waals surface area (Å²) in [7, 11) is 0. The molecular weight excluding hydrogens is 298 g/mol. The van der Waals surface area contributed by atoms with Crippen molar-refractivity contribution in [1.29, 1.82) is 0 Å². The largest absolute Gasteiger partial charge is 0.508 e. The molecule has 24 heavy (non-hydrogen) atoms. The maximum absolute atomic E-state index is 9.47. The van der Waals surface area contributed by atoms with E-state index in [2.05, 4.69) is 30.1 Å². The number of hydrogen-bond acceptors (Lipinski definition) is 2. The van der Waals surface area contributed by atoms with Crippen molar-refractivity contribution in [3.63, 3.8) is 0 Å². The molecular formula is C21H17NO2. The molecule has 0 aliphatic rings. The van der Waals surface area contributed by atoms with E-state index in [0.29, 0.717) is 0 Å². The van der Waals surface area contributed by atoms with Crippen molar-refractivity contribution >= 4 is 10.9 Å². The van der Waals surface area contributed by atoms with Crippen LogP contribution in [0.5, 0.6) is 11.5 Å². The second-order valence-corrected chi connectivity index (χ2v) is 5.98. The van der Waals surface area contributed by atoms with Crippen LogP contribution in [0.15, 0.2) is 66.7 Å². The third kappa shape index (κ3) is 2.40. The molecule has 0 fully saturated rings. The molecule has 3 heteroatoms. The van der Waals surface area contributed by atoms with Crippen LogP contribution in [0.25, 0.3) is 33.3 Å². The summed E-state index contributed by atoms with van der Waals surface area (Å²) in [6.07, 6.45) is 0. The van der Waals surface area contributed by atoms with E-state index in [0.717, 1.165) is 27.9 Å². The molecule has 0 radical (unpaired) electrons. The summed E-state index contributed by atoms with van der Waals surface area (Å²) < 4.78 is 0. The van der Waals surface area contributed by atoms with Gasteiger partial charge in [0.15, 0.2) is 0 Å². The quantitative estimate of drug-likeness (QED) is 0.475. The van der Waals surface area contributed by atoms with Gasteiger partial charge in [-0.3, -0.25) is 0 Å². The molecule has 118 valence electrons. The molecule has 0 bridgehead atoms. The summed E-state index contributed by atoms with van der Waals surface area (Å²) in [6.45, 7) is 2.10. The topological polar surface area (TPSA) is 56.2 Å². The third-order valence-corrected chi connectivity index (χ3v) is 4.41. The van der Waals surface area contributed by atoms with E-state index in [1.807, 2.05) is 24.3 Å². The van der Waals surface area contributed by atoms with Crippen LogP contribution in [0.3, 0.4) is 0 Å². The Labute approximate surface area is 139 Å². The summed E-state index contributed by atoms with van der Waals surface area (Å²) in [5.74, 6) is 0.536. The minimum Gasteiger partial charge on any atom is -0.508 e. The first-order valence-corrected chi connectivity index (χ1v) is 7.83. The van der Waals surface area contributed by atoms with E-state index in [4.69, 9.17) is 0 Å². The number of aromatic amines is 1. The smallest absolute Gasteiger partial charge is 0.115 e. The maximum Gasteiger partial charge on any atom is 0.115 e. The Morgan fingerprint density at radius 2 is 1.21 bits per heavy atom. The van der Waals surface area contributed by atoms with Gasteiger partial charge in [-0.2, -0.15) is 0 Å². The average Bonchev–Trinajstić information content (AvgIpc) is 2.93. The Hall–Kier alpha value is -3.20. The highest BCUT2D eigenvalue weighted by Gasteiger charge is 2.11. The van der Waals surface area contributed by atoms with Crippen molar-refractivity contribution in [3.05, 3.63) is 72.3 Å². The van der Waals surface area contributed by atoms with Gasteiger partial charge >= 0.3 is 0 Å². The molecule has 4 rings (SSSR count). The highest BCUT2D eigenvalue weighted by atomic mass is 16.3. The summed E-state index contributed by atoms with van der Waals surface area (Å²) in [5.41, 5.74) is 6.55. The number of aryl methyl sites for hydroxylation is 1. The van der Waals surface area contributed by atoms with Crippen LogP contribution < -0.4 is 0 Å². The van der Waals surface area contributed by atoms with Gasteiger partial charge in [-0.05, 0) is 77.7 Å². The van der Waals surface area contributed by atoms with Gasteiger partial charge in [0.1, 0.15) is 11.5 Å². The number of phenolic OH excluding ortho intramolecular Hbond substituents is 2. The Morgan fingerprint density at radius 1 is 0.667 bits per heavy atom. The van der Waals surface area contributed by atoms with Crippen LogP contribution in [0.2, 0.25) is 0 Å². The first-order valence-electron chi connectivity index (χ1n) is 7.83. The molecule has 0 saturated heterocycles. The van der Waals surface area contributed by atoms with Crippen LogP contribution in [0.1, 0.15) is 5.56 Å². The van der Waals surface area contributed by atoms with Crippen molar-refractivity contribution in [2.75, 3.05) is 0 Å². The third-order valence-electron chi connectivity index (χ3n) is 4.41. The zero-order valence-electron chi connectivity index (χ0n) is 13.2. The highest BCUT2D eigenvalue weighted by molar-refractivity contribution is 5.93. The number of aromatic nitrogens is 1. The number of benzene rings is 3. The predicted molar refractivity (Wildman–Crippen MR) is 97.2 cm³/mol. The van der Waals surface area contributed by atoms with E-state index < -0.39 is 0 Å². The first-order chi connectivity index (χ1) is 11.6. The molecule has 0 spiro atoms. The first kappa shape index (κ1) is 14.4. The zero-order chi connectivity index (χ0) is 16.7. The van der Waals surface area contributed by atoms with Gasteiger partial charge in [-0.1, -0.05) is 18.2 Å². The summed E-state index contributed by atoms with van der Waals surface area (Å²) >= 11 is 0. The van der Waals surface area contributed by atoms with Gasteiger partial charge in [0.2, 0.25) is 0 Å². The van der Waals surface area contributed by atoms with Crippen molar-refractivity contribution in [3.8, 4) is 33.9 Å². The lowest BCUT2D eigenvalue weighted by Gasteiger charge is -2.03. The molecule has 0 unspecified atom stereocenters. The lowest BCUT2D eigenvalue weighted by molar-refractivity contribution is 0.475.